The minimum atomic E-state index is -0.415. The van der Waals surface area contributed by atoms with Gasteiger partial charge in [-0.2, -0.15) is 0 Å². The van der Waals surface area contributed by atoms with E-state index in [1.165, 1.54) is 6.08 Å². The monoisotopic (exact) mass is 292 g/mol. The Balaban J connectivity index is 2.47. The van der Waals surface area contributed by atoms with Crippen LogP contribution in [0.4, 0.5) is 0 Å². The van der Waals surface area contributed by atoms with E-state index < -0.39 is 5.97 Å². The van der Waals surface area contributed by atoms with Gasteiger partial charge in [0, 0.05) is 12.0 Å². The maximum absolute atomic E-state index is 11.7. The Kier molecular flexibility index (Phi) is 4.73. The zero-order valence-corrected chi connectivity index (χ0v) is 12.8. The van der Waals surface area contributed by atoms with Gasteiger partial charge in [0.1, 0.15) is 5.76 Å². The molecule has 1 atom stereocenters. The van der Waals surface area contributed by atoms with Gasteiger partial charge in [-0.1, -0.05) is 0 Å². The average Bonchev–Trinajstić information content (AvgIpc) is 2.46. The van der Waals surface area contributed by atoms with Crippen molar-refractivity contribution in [3.05, 3.63) is 29.3 Å². The second-order valence-corrected chi connectivity index (χ2v) is 4.76. The van der Waals surface area contributed by atoms with Crippen LogP contribution >= 0.6 is 0 Å². The second-order valence-electron chi connectivity index (χ2n) is 4.76. The normalized spacial score (nSPS) is 18.7. The van der Waals surface area contributed by atoms with E-state index in [0.29, 0.717) is 23.9 Å². The lowest BCUT2D eigenvalue weighted by atomic mass is 9.96. The lowest BCUT2D eigenvalue weighted by molar-refractivity contribution is -0.137. The van der Waals surface area contributed by atoms with E-state index in [2.05, 4.69) is 0 Å². The van der Waals surface area contributed by atoms with Gasteiger partial charge in [0.15, 0.2) is 11.5 Å². The van der Waals surface area contributed by atoms with Crippen LogP contribution in [0.1, 0.15) is 25.0 Å². The molecule has 1 aromatic carbocycles. The van der Waals surface area contributed by atoms with Crippen LogP contribution in [0, 0.1) is 0 Å². The highest BCUT2D eigenvalue weighted by Crippen LogP contribution is 2.37. The summed E-state index contributed by atoms with van der Waals surface area (Å²) >= 11 is 0. The molecular weight excluding hydrogens is 272 g/mol. The summed E-state index contributed by atoms with van der Waals surface area (Å²) in [6, 6.07) is 3.75. The molecule has 114 valence electrons. The highest BCUT2D eigenvalue weighted by molar-refractivity contribution is 5.90. The first kappa shape index (κ1) is 15.2. The van der Waals surface area contributed by atoms with E-state index in [1.807, 2.05) is 19.1 Å². The first-order valence-corrected chi connectivity index (χ1v) is 6.89. The van der Waals surface area contributed by atoms with Crippen molar-refractivity contribution in [1.82, 2.24) is 0 Å². The Hall–Kier alpha value is -2.17. The van der Waals surface area contributed by atoms with Crippen molar-refractivity contribution in [2.24, 2.45) is 0 Å². The number of esters is 1. The van der Waals surface area contributed by atoms with Crippen LogP contribution in [0.15, 0.2) is 18.2 Å². The summed E-state index contributed by atoms with van der Waals surface area (Å²) < 4.78 is 21.3. The molecule has 5 heteroatoms. The molecule has 0 saturated heterocycles. The molecule has 0 amide bonds. The summed E-state index contributed by atoms with van der Waals surface area (Å²) in [4.78, 5) is 11.7. The second kappa shape index (κ2) is 6.52. The highest BCUT2D eigenvalue weighted by atomic mass is 16.5. The van der Waals surface area contributed by atoms with Gasteiger partial charge in [0.2, 0.25) is 0 Å². The first-order chi connectivity index (χ1) is 10.1. The SMILES string of the molecule is CCOC(=O)/C=C1\OC(C)Cc2cc(OC)c(OC)cc21. The Bertz CT molecular complexity index is 562. The Labute approximate surface area is 124 Å². The number of carbonyl (C=O) groups is 1. The smallest absolute Gasteiger partial charge is 0.334 e. The van der Waals surface area contributed by atoms with Crippen molar-refractivity contribution in [3.63, 3.8) is 0 Å². The standard InChI is InChI=1S/C16H20O5/c1-5-20-16(17)9-13-12-8-15(19-4)14(18-3)7-11(12)6-10(2)21-13/h7-10H,5-6H2,1-4H3/b13-9-. The lowest BCUT2D eigenvalue weighted by Gasteiger charge is -2.26. The van der Waals surface area contributed by atoms with Gasteiger partial charge in [-0.25, -0.2) is 4.79 Å². The lowest BCUT2D eigenvalue weighted by Crippen LogP contribution is -2.19. The number of carbonyl (C=O) groups excluding carboxylic acids is 1. The van der Waals surface area contributed by atoms with Crippen LogP contribution in [-0.4, -0.2) is 32.9 Å². The largest absolute Gasteiger partial charge is 0.493 e. The number of ether oxygens (including phenoxy) is 4. The third-order valence-electron chi connectivity index (χ3n) is 3.25. The van der Waals surface area contributed by atoms with E-state index in [1.54, 1.807) is 21.1 Å². The van der Waals surface area contributed by atoms with Crippen LogP contribution < -0.4 is 9.47 Å². The van der Waals surface area contributed by atoms with Gasteiger partial charge >= 0.3 is 5.97 Å². The van der Waals surface area contributed by atoms with E-state index in [-0.39, 0.29) is 6.10 Å². The van der Waals surface area contributed by atoms with Gasteiger partial charge in [-0.3, -0.25) is 0 Å². The Morgan fingerprint density at radius 1 is 1.33 bits per heavy atom. The molecule has 5 nitrogen and oxygen atoms in total. The minimum Gasteiger partial charge on any atom is -0.493 e. The van der Waals surface area contributed by atoms with Crippen molar-refractivity contribution >= 4 is 11.7 Å². The molecule has 0 aliphatic carbocycles. The van der Waals surface area contributed by atoms with Gasteiger partial charge in [-0.05, 0) is 31.5 Å². The number of methoxy groups -OCH3 is 2. The predicted molar refractivity (Wildman–Crippen MR) is 78.4 cm³/mol. The van der Waals surface area contributed by atoms with E-state index in [9.17, 15) is 4.79 Å². The Morgan fingerprint density at radius 3 is 2.62 bits per heavy atom. The highest BCUT2D eigenvalue weighted by Gasteiger charge is 2.24. The molecule has 0 N–H and O–H groups in total. The van der Waals surface area contributed by atoms with E-state index in [0.717, 1.165) is 17.5 Å². The molecule has 1 unspecified atom stereocenters. The number of fused-ring (bicyclic) bond motifs is 1. The number of hydrogen-bond acceptors (Lipinski definition) is 5. The Morgan fingerprint density at radius 2 is 2.00 bits per heavy atom. The zero-order valence-electron chi connectivity index (χ0n) is 12.8. The van der Waals surface area contributed by atoms with Crippen LogP contribution in [0.25, 0.3) is 5.76 Å². The van der Waals surface area contributed by atoms with Crippen molar-refractivity contribution < 1.29 is 23.7 Å². The van der Waals surface area contributed by atoms with Gasteiger partial charge < -0.3 is 18.9 Å². The van der Waals surface area contributed by atoms with Crippen LogP contribution in [0.3, 0.4) is 0 Å². The molecule has 0 bridgehead atoms. The molecular formula is C16H20O5. The molecule has 1 aromatic rings. The molecule has 2 rings (SSSR count). The van der Waals surface area contributed by atoms with E-state index >= 15 is 0 Å². The summed E-state index contributed by atoms with van der Waals surface area (Å²) in [7, 11) is 3.17. The fourth-order valence-electron chi connectivity index (χ4n) is 2.35. The molecule has 1 heterocycles. The number of rotatable bonds is 4. The molecule has 21 heavy (non-hydrogen) atoms. The minimum absolute atomic E-state index is 0.0173. The third-order valence-corrected chi connectivity index (χ3v) is 3.25. The van der Waals surface area contributed by atoms with Gasteiger partial charge in [-0.15, -0.1) is 0 Å². The van der Waals surface area contributed by atoms with Gasteiger partial charge in [0.25, 0.3) is 0 Å². The zero-order chi connectivity index (χ0) is 15.4. The average molecular weight is 292 g/mol. The maximum Gasteiger partial charge on any atom is 0.334 e. The molecule has 1 aliphatic heterocycles. The number of benzene rings is 1. The summed E-state index contributed by atoms with van der Waals surface area (Å²) in [6.07, 6.45) is 2.11. The molecule has 0 radical (unpaired) electrons. The first-order valence-electron chi connectivity index (χ1n) is 6.89. The summed E-state index contributed by atoms with van der Waals surface area (Å²) in [6.45, 7) is 4.05. The van der Waals surface area contributed by atoms with Crippen molar-refractivity contribution in [3.8, 4) is 11.5 Å². The molecule has 0 saturated carbocycles. The van der Waals surface area contributed by atoms with Gasteiger partial charge in [0.05, 0.1) is 33.0 Å². The van der Waals surface area contributed by atoms with Crippen LogP contribution in [0.5, 0.6) is 11.5 Å². The number of hydrogen-bond donors (Lipinski definition) is 0. The van der Waals surface area contributed by atoms with Crippen LogP contribution in [-0.2, 0) is 20.7 Å². The van der Waals surface area contributed by atoms with Crippen molar-refractivity contribution in [2.45, 2.75) is 26.4 Å². The predicted octanol–water partition coefficient (Wildman–Crippen LogP) is 2.57. The fourth-order valence-corrected chi connectivity index (χ4v) is 2.35. The summed E-state index contributed by atoms with van der Waals surface area (Å²) in [5.41, 5.74) is 1.89. The van der Waals surface area contributed by atoms with Crippen molar-refractivity contribution in [2.75, 3.05) is 20.8 Å². The molecule has 0 aromatic heterocycles. The summed E-state index contributed by atoms with van der Waals surface area (Å²) in [5, 5.41) is 0. The fraction of sp³-hybridized carbons (Fsp3) is 0.438. The topological polar surface area (TPSA) is 54.0 Å². The van der Waals surface area contributed by atoms with Crippen LogP contribution in [0.2, 0.25) is 0 Å². The molecule has 0 spiro atoms. The summed E-state index contributed by atoms with van der Waals surface area (Å²) in [5.74, 6) is 1.36. The van der Waals surface area contributed by atoms with E-state index in [4.69, 9.17) is 18.9 Å². The third kappa shape index (κ3) is 3.29. The molecule has 1 aliphatic rings. The van der Waals surface area contributed by atoms with Crippen molar-refractivity contribution in [1.29, 1.82) is 0 Å². The quantitative estimate of drug-likeness (QED) is 0.630. The maximum atomic E-state index is 11.7. The molecule has 0 fully saturated rings.